The number of aliphatic hydroxyl groups excluding tert-OH is 1. The fourth-order valence-electron chi connectivity index (χ4n) is 4.71. The average molecular weight is 496 g/mol. The van der Waals surface area contributed by atoms with Crippen LogP contribution in [-0.2, 0) is 20.7 Å². The summed E-state index contributed by atoms with van der Waals surface area (Å²) in [7, 11) is 0. The van der Waals surface area contributed by atoms with Gasteiger partial charge in [0.2, 0.25) is 0 Å². The van der Waals surface area contributed by atoms with Crippen molar-refractivity contribution in [3.05, 3.63) is 107 Å². The van der Waals surface area contributed by atoms with E-state index in [1.165, 1.54) is 11.1 Å². The summed E-state index contributed by atoms with van der Waals surface area (Å²) in [6.45, 7) is 2.23. The van der Waals surface area contributed by atoms with Crippen molar-refractivity contribution in [2.24, 2.45) is 0 Å². The Balaban J connectivity index is 1.54. The maximum atomic E-state index is 13.3. The predicted molar refractivity (Wildman–Crippen MR) is 138 cm³/mol. The Kier molecular flexibility index (Phi) is 6.55. The fraction of sp³-hybridized carbons (Fsp3) is 0.172. The van der Waals surface area contributed by atoms with Gasteiger partial charge in [-0.25, -0.2) is 4.79 Å². The van der Waals surface area contributed by atoms with Crippen LogP contribution in [0.4, 0.5) is 0 Å². The molecule has 1 amide bonds. The minimum absolute atomic E-state index is 0.0131. The molecule has 3 heterocycles. The van der Waals surface area contributed by atoms with Crippen LogP contribution >= 0.6 is 0 Å². The zero-order chi connectivity index (χ0) is 25.9. The van der Waals surface area contributed by atoms with Gasteiger partial charge < -0.3 is 19.7 Å². The number of amides is 1. The number of benzene rings is 2. The highest BCUT2D eigenvalue weighted by Crippen LogP contribution is 2.39. The van der Waals surface area contributed by atoms with Gasteiger partial charge in [0, 0.05) is 41.6 Å². The van der Waals surface area contributed by atoms with Crippen LogP contribution in [0.2, 0.25) is 0 Å². The summed E-state index contributed by atoms with van der Waals surface area (Å²) in [4.78, 5) is 47.4. The van der Waals surface area contributed by atoms with Crippen LogP contribution in [0.5, 0.6) is 0 Å². The number of rotatable bonds is 7. The number of fused-ring (bicyclic) bond motifs is 1. The molecule has 1 saturated heterocycles. The molecule has 2 aromatic heterocycles. The molecule has 0 aliphatic carbocycles. The van der Waals surface area contributed by atoms with Crippen molar-refractivity contribution in [2.45, 2.75) is 19.4 Å². The van der Waals surface area contributed by atoms with Crippen molar-refractivity contribution in [1.29, 1.82) is 0 Å². The van der Waals surface area contributed by atoms with Crippen LogP contribution in [0.3, 0.4) is 0 Å². The Labute approximate surface area is 213 Å². The van der Waals surface area contributed by atoms with E-state index in [0.717, 1.165) is 16.5 Å². The van der Waals surface area contributed by atoms with Gasteiger partial charge in [-0.05, 0) is 54.8 Å². The number of pyridine rings is 1. The molecule has 4 aromatic rings. The van der Waals surface area contributed by atoms with Crippen LogP contribution in [-0.4, -0.2) is 50.8 Å². The van der Waals surface area contributed by atoms with Crippen molar-refractivity contribution in [2.75, 3.05) is 13.2 Å². The van der Waals surface area contributed by atoms with Gasteiger partial charge >= 0.3 is 5.97 Å². The summed E-state index contributed by atoms with van der Waals surface area (Å²) in [5.74, 6) is -2.21. The number of likely N-dealkylation sites (tertiary alicyclic amines) is 1. The van der Waals surface area contributed by atoms with Crippen LogP contribution in [0.25, 0.3) is 16.7 Å². The van der Waals surface area contributed by atoms with Gasteiger partial charge in [0.25, 0.3) is 11.7 Å². The highest BCUT2D eigenvalue weighted by atomic mass is 16.5. The number of hydrogen-bond acceptors (Lipinski definition) is 6. The summed E-state index contributed by atoms with van der Waals surface area (Å²) >= 11 is 0. The smallest absolute Gasteiger partial charge is 0.338 e. The lowest BCUT2D eigenvalue weighted by molar-refractivity contribution is -0.139. The number of H-pyrrole nitrogens is 1. The first-order valence-electron chi connectivity index (χ1n) is 12.0. The number of aliphatic hydroxyl groups is 1. The zero-order valence-corrected chi connectivity index (χ0v) is 20.2. The molecule has 0 spiro atoms. The lowest BCUT2D eigenvalue weighted by Crippen LogP contribution is -2.31. The van der Waals surface area contributed by atoms with Gasteiger partial charge in [-0.2, -0.15) is 0 Å². The SMILES string of the molecule is CCOC(=O)c1ccc(C2/C(=C(\O)c3cccnc3)C(=O)C(=O)N2CCc2c[nH]c3ccccc23)cc1. The number of aromatic nitrogens is 2. The molecule has 0 saturated carbocycles. The number of aromatic amines is 1. The van der Waals surface area contributed by atoms with Crippen molar-refractivity contribution >= 4 is 34.3 Å². The minimum atomic E-state index is -0.832. The second-order valence-corrected chi connectivity index (χ2v) is 8.69. The van der Waals surface area contributed by atoms with Gasteiger partial charge in [0.1, 0.15) is 5.76 Å². The number of para-hydroxylation sites is 1. The second kappa shape index (κ2) is 10.1. The molecule has 8 heteroatoms. The van der Waals surface area contributed by atoms with E-state index in [2.05, 4.69) is 9.97 Å². The molecule has 1 fully saturated rings. The molecular weight excluding hydrogens is 470 g/mol. The van der Waals surface area contributed by atoms with Gasteiger partial charge in [-0.15, -0.1) is 0 Å². The number of hydrogen-bond donors (Lipinski definition) is 2. The molecule has 8 nitrogen and oxygen atoms in total. The first-order chi connectivity index (χ1) is 18.0. The fourth-order valence-corrected chi connectivity index (χ4v) is 4.71. The second-order valence-electron chi connectivity index (χ2n) is 8.69. The van der Waals surface area contributed by atoms with E-state index >= 15 is 0 Å². The standard InChI is InChI=1S/C29H25N3O5/c1-2-37-29(36)19-11-9-18(10-12-19)25-24(26(33)21-6-5-14-30-16-21)27(34)28(35)32(25)15-13-20-17-31-23-8-4-3-7-22(20)23/h3-12,14,16-17,25,31,33H,2,13,15H2,1H3/b26-24+. The number of Topliss-reactive ketones (excluding diaryl/α,β-unsaturated/α-hetero) is 1. The third kappa shape index (κ3) is 4.49. The predicted octanol–water partition coefficient (Wildman–Crippen LogP) is 4.40. The molecule has 2 N–H and O–H groups in total. The first-order valence-corrected chi connectivity index (χ1v) is 12.0. The third-order valence-corrected chi connectivity index (χ3v) is 6.51. The largest absolute Gasteiger partial charge is 0.507 e. The van der Waals surface area contributed by atoms with E-state index in [1.807, 2.05) is 30.5 Å². The number of ether oxygens (including phenoxy) is 1. The van der Waals surface area contributed by atoms with E-state index in [-0.39, 0.29) is 24.5 Å². The van der Waals surface area contributed by atoms with E-state index in [0.29, 0.717) is 23.1 Å². The number of esters is 1. The van der Waals surface area contributed by atoms with Crippen molar-refractivity contribution in [3.63, 3.8) is 0 Å². The minimum Gasteiger partial charge on any atom is -0.507 e. The average Bonchev–Trinajstić information content (AvgIpc) is 3.46. The van der Waals surface area contributed by atoms with Crippen LogP contribution in [0.1, 0.15) is 40.0 Å². The third-order valence-electron chi connectivity index (χ3n) is 6.51. The summed E-state index contributed by atoms with van der Waals surface area (Å²) in [5, 5.41) is 12.2. The van der Waals surface area contributed by atoms with Gasteiger partial charge in [0.15, 0.2) is 0 Å². The summed E-state index contributed by atoms with van der Waals surface area (Å²) in [6, 6.07) is 16.9. The Bertz CT molecular complexity index is 1510. The molecule has 1 aliphatic heterocycles. The monoisotopic (exact) mass is 495 g/mol. The van der Waals surface area contributed by atoms with Gasteiger partial charge in [-0.3, -0.25) is 14.6 Å². The molecule has 1 atom stereocenters. The van der Waals surface area contributed by atoms with E-state index in [9.17, 15) is 19.5 Å². The molecule has 0 radical (unpaired) electrons. The normalized spacial score (nSPS) is 16.9. The van der Waals surface area contributed by atoms with Gasteiger partial charge in [-0.1, -0.05) is 30.3 Å². The quantitative estimate of drug-likeness (QED) is 0.170. The summed E-state index contributed by atoms with van der Waals surface area (Å²) in [6.07, 6.45) is 5.40. The maximum Gasteiger partial charge on any atom is 0.338 e. The molecule has 5 rings (SSSR count). The van der Waals surface area contributed by atoms with E-state index in [1.54, 1.807) is 49.5 Å². The highest BCUT2D eigenvalue weighted by molar-refractivity contribution is 6.46. The highest BCUT2D eigenvalue weighted by Gasteiger charge is 2.46. The van der Waals surface area contributed by atoms with Gasteiger partial charge in [0.05, 0.1) is 23.8 Å². The number of nitrogens with zero attached hydrogens (tertiary/aromatic N) is 2. The van der Waals surface area contributed by atoms with Crippen LogP contribution in [0.15, 0.2) is 84.8 Å². The molecule has 1 unspecified atom stereocenters. The van der Waals surface area contributed by atoms with Crippen molar-refractivity contribution in [3.8, 4) is 0 Å². The van der Waals surface area contributed by atoms with Crippen LogP contribution < -0.4 is 0 Å². The summed E-state index contributed by atoms with van der Waals surface area (Å²) < 4.78 is 5.06. The van der Waals surface area contributed by atoms with Crippen molar-refractivity contribution in [1.82, 2.24) is 14.9 Å². The van der Waals surface area contributed by atoms with E-state index in [4.69, 9.17) is 4.74 Å². The molecule has 37 heavy (non-hydrogen) atoms. The molecular formula is C29H25N3O5. The van der Waals surface area contributed by atoms with E-state index < -0.39 is 23.7 Å². The number of nitrogens with one attached hydrogen (secondary N) is 1. The molecule has 186 valence electrons. The van der Waals surface area contributed by atoms with Crippen LogP contribution in [0, 0.1) is 0 Å². The Morgan fingerprint density at radius 1 is 1.05 bits per heavy atom. The lowest BCUT2D eigenvalue weighted by atomic mass is 9.95. The summed E-state index contributed by atoms with van der Waals surface area (Å²) in [5.41, 5.74) is 3.28. The number of ketones is 1. The van der Waals surface area contributed by atoms with Crippen molar-refractivity contribution < 1.29 is 24.2 Å². The molecule has 2 aromatic carbocycles. The Morgan fingerprint density at radius 2 is 1.84 bits per heavy atom. The topological polar surface area (TPSA) is 113 Å². The number of carbonyl (C=O) groups excluding carboxylic acids is 3. The Hall–Kier alpha value is -4.72. The molecule has 0 bridgehead atoms. The lowest BCUT2D eigenvalue weighted by Gasteiger charge is -2.25. The zero-order valence-electron chi connectivity index (χ0n) is 20.2. The number of carbonyl (C=O) groups is 3. The molecule has 1 aliphatic rings. The Morgan fingerprint density at radius 3 is 2.57 bits per heavy atom. The first kappa shape index (κ1) is 24.0. The maximum absolute atomic E-state index is 13.3.